The van der Waals surface area contributed by atoms with Crippen molar-refractivity contribution in [2.45, 2.75) is 11.1 Å². The van der Waals surface area contributed by atoms with Gasteiger partial charge in [0.15, 0.2) is 0 Å². The van der Waals surface area contributed by atoms with E-state index in [0.29, 0.717) is 10.2 Å². The number of hydrogen-bond acceptors (Lipinski definition) is 4. The number of benzene rings is 1. The molecule has 11 heteroatoms. The van der Waals surface area contributed by atoms with Gasteiger partial charge in [0.25, 0.3) is 5.91 Å². The maximum absolute atomic E-state index is 12.7. The number of pyridine rings is 1. The third kappa shape index (κ3) is 4.10. The molecule has 150 valence electrons. The summed E-state index contributed by atoms with van der Waals surface area (Å²) < 4.78 is 64.7. The first-order valence-corrected chi connectivity index (χ1v) is 10.1. The van der Waals surface area contributed by atoms with Crippen LogP contribution in [0.15, 0.2) is 47.5 Å². The summed E-state index contributed by atoms with van der Waals surface area (Å²) in [6.45, 7) is 0.390. The van der Waals surface area contributed by atoms with Gasteiger partial charge in [-0.15, -0.1) is 0 Å². The Labute approximate surface area is 164 Å². The molecule has 1 fully saturated rings. The number of hydrogen-bond donors (Lipinski definition) is 1. The second kappa shape index (κ2) is 7.64. The zero-order valence-electron chi connectivity index (χ0n) is 14.4. The van der Waals surface area contributed by atoms with Crippen LogP contribution in [0.4, 0.5) is 13.2 Å². The van der Waals surface area contributed by atoms with Crippen LogP contribution in [-0.2, 0) is 16.2 Å². The minimum atomic E-state index is -4.54. The number of amides is 1. The molecule has 0 aliphatic carbocycles. The summed E-state index contributed by atoms with van der Waals surface area (Å²) >= 11 is 5.09. The monoisotopic (exact) mass is 431 g/mol. The summed E-state index contributed by atoms with van der Waals surface area (Å²) in [4.78, 5) is 16.6. The van der Waals surface area contributed by atoms with Crippen molar-refractivity contribution < 1.29 is 26.4 Å². The Bertz CT molecular complexity index is 1030. The minimum absolute atomic E-state index is 0.0401. The maximum Gasteiger partial charge on any atom is 0.416 e. The summed E-state index contributed by atoms with van der Waals surface area (Å²) in [7, 11) is -3.94. The summed E-state index contributed by atoms with van der Waals surface area (Å²) in [6, 6.07) is 6.60. The lowest BCUT2D eigenvalue weighted by Gasteiger charge is -2.34. The number of piperazine rings is 1. The van der Waals surface area contributed by atoms with Gasteiger partial charge >= 0.3 is 6.18 Å². The van der Waals surface area contributed by atoms with Crippen LogP contribution < -0.4 is 0 Å². The predicted molar refractivity (Wildman–Crippen MR) is 97.7 cm³/mol. The van der Waals surface area contributed by atoms with Crippen molar-refractivity contribution in [3.05, 3.63) is 58.4 Å². The van der Waals surface area contributed by atoms with E-state index in [-0.39, 0.29) is 37.0 Å². The lowest BCUT2D eigenvalue weighted by atomic mass is 10.2. The first-order chi connectivity index (χ1) is 13.1. The van der Waals surface area contributed by atoms with Crippen molar-refractivity contribution in [3.63, 3.8) is 0 Å². The molecule has 28 heavy (non-hydrogen) atoms. The quantitative estimate of drug-likeness (QED) is 0.759. The Balaban J connectivity index is 1.71. The fraction of sp³-hybridized carbons (Fsp3) is 0.294. The van der Waals surface area contributed by atoms with Crippen LogP contribution in [-0.4, -0.2) is 54.7 Å². The van der Waals surface area contributed by atoms with E-state index in [0.717, 1.165) is 28.6 Å². The molecular formula is C17H16F3N3O3S2. The van der Waals surface area contributed by atoms with Crippen LogP contribution in [0, 0.1) is 4.64 Å². The third-order valence-corrected chi connectivity index (χ3v) is 6.64. The number of carbonyl (C=O) groups excluding carboxylic acids is 1. The largest absolute Gasteiger partial charge is 0.416 e. The molecule has 1 N–H and O–H groups in total. The molecule has 1 aliphatic heterocycles. The van der Waals surface area contributed by atoms with E-state index in [4.69, 9.17) is 12.2 Å². The van der Waals surface area contributed by atoms with E-state index in [1.165, 1.54) is 4.90 Å². The predicted octanol–water partition coefficient (Wildman–Crippen LogP) is 2.91. The van der Waals surface area contributed by atoms with E-state index in [1.54, 1.807) is 18.3 Å². The molecule has 1 aromatic carbocycles. The lowest BCUT2D eigenvalue weighted by molar-refractivity contribution is -0.137. The third-order valence-electron chi connectivity index (χ3n) is 4.39. The first kappa shape index (κ1) is 20.5. The highest BCUT2D eigenvalue weighted by Crippen LogP contribution is 2.30. The average molecular weight is 431 g/mol. The van der Waals surface area contributed by atoms with Gasteiger partial charge in [0.05, 0.1) is 16.0 Å². The summed E-state index contributed by atoms with van der Waals surface area (Å²) in [5.41, 5.74) is -0.585. The van der Waals surface area contributed by atoms with Gasteiger partial charge in [-0.1, -0.05) is 12.2 Å². The van der Waals surface area contributed by atoms with Crippen molar-refractivity contribution in [2.75, 3.05) is 26.2 Å². The van der Waals surface area contributed by atoms with Crippen LogP contribution in [0.25, 0.3) is 0 Å². The van der Waals surface area contributed by atoms with E-state index in [2.05, 4.69) is 4.98 Å². The number of aromatic nitrogens is 1. The second-order valence-electron chi connectivity index (χ2n) is 6.13. The van der Waals surface area contributed by atoms with Crippen LogP contribution in [0.3, 0.4) is 0 Å². The van der Waals surface area contributed by atoms with Gasteiger partial charge in [0, 0.05) is 32.4 Å². The van der Waals surface area contributed by atoms with Gasteiger partial charge in [0.1, 0.15) is 4.64 Å². The molecule has 6 nitrogen and oxygen atoms in total. The van der Waals surface area contributed by atoms with Gasteiger partial charge in [-0.3, -0.25) is 4.79 Å². The molecule has 1 aliphatic rings. The number of alkyl halides is 3. The zero-order valence-corrected chi connectivity index (χ0v) is 16.1. The number of carbonyl (C=O) groups is 1. The Morgan fingerprint density at radius 2 is 1.64 bits per heavy atom. The number of nitrogens with one attached hydrogen (secondary N) is 1. The molecule has 0 spiro atoms. The lowest BCUT2D eigenvalue weighted by Crippen LogP contribution is -2.50. The number of nitrogens with zero attached hydrogens (tertiary/aromatic N) is 2. The number of H-pyrrole nitrogens is 1. The molecule has 0 bridgehead atoms. The Morgan fingerprint density at radius 3 is 2.18 bits per heavy atom. The molecule has 0 radical (unpaired) electrons. The second-order valence-corrected chi connectivity index (χ2v) is 8.48. The fourth-order valence-corrected chi connectivity index (χ4v) is 4.50. The zero-order chi connectivity index (χ0) is 20.5. The van der Waals surface area contributed by atoms with Crippen LogP contribution in [0.5, 0.6) is 0 Å². The van der Waals surface area contributed by atoms with E-state index < -0.39 is 21.8 Å². The normalized spacial score (nSPS) is 16.2. The molecule has 0 unspecified atom stereocenters. The van der Waals surface area contributed by atoms with Gasteiger partial charge in [-0.25, -0.2) is 8.42 Å². The highest BCUT2D eigenvalue weighted by molar-refractivity contribution is 7.89. The highest BCUT2D eigenvalue weighted by atomic mass is 32.2. The van der Waals surface area contributed by atoms with Crippen molar-refractivity contribution >= 4 is 28.1 Å². The van der Waals surface area contributed by atoms with Gasteiger partial charge < -0.3 is 9.88 Å². The minimum Gasteiger partial charge on any atom is -0.352 e. The smallest absolute Gasteiger partial charge is 0.352 e. The summed E-state index contributed by atoms with van der Waals surface area (Å²) in [6.07, 6.45) is -2.93. The van der Waals surface area contributed by atoms with Crippen LogP contribution >= 0.6 is 12.2 Å². The maximum atomic E-state index is 12.7. The fourth-order valence-electron chi connectivity index (χ4n) is 2.86. The number of rotatable bonds is 3. The van der Waals surface area contributed by atoms with E-state index >= 15 is 0 Å². The summed E-state index contributed by atoms with van der Waals surface area (Å²) in [5, 5.41) is 0. The Kier molecular flexibility index (Phi) is 5.60. The molecule has 0 atom stereocenters. The Hall–Kier alpha value is -2.24. The summed E-state index contributed by atoms with van der Waals surface area (Å²) in [5.74, 6) is -0.298. The molecule has 2 aromatic rings. The van der Waals surface area contributed by atoms with Crippen LogP contribution in [0.2, 0.25) is 0 Å². The molecule has 1 amide bonds. The van der Waals surface area contributed by atoms with Gasteiger partial charge in [0.2, 0.25) is 10.0 Å². The SMILES string of the molecule is O=C(c1ccc[nH]c1=S)N1CCN(S(=O)(=O)c2ccc(C(F)(F)F)cc2)CC1. The number of aromatic amines is 1. The molecule has 1 aromatic heterocycles. The van der Waals surface area contributed by atoms with Crippen molar-refractivity contribution in [1.82, 2.24) is 14.2 Å². The van der Waals surface area contributed by atoms with Gasteiger partial charge in [-0.2, -0.15) is 17.5 Å². The number of sulfonamides is 1. The molecule has 2 heterocycles. The topological polar surface area (TPSA) is 73.5 Å². The standard InChI is InChI=1S/C17H16F3N3O3S2/c18-17(19,20)12-3-5-13(6-4-12)28(25,26)23-10-8-22(9-11-23)16(24)14-2-1-7-21-15(14)27/h1-7H,8-11H2,(H,21,27). The highest BCUT2D eigenvalue weighted by Gasteiger charge is 2.33. The van der Waals surface area contributed by atoms with E-state index in [1.807, 2.05) is 0 Å². The van der Waals surface area contributed by atoms with Crippen molar-refractivity contribution in [2.24, 2.45) is 0 Å². The molecule has 0 saturated carbocycles. The first-order valence-electron chi connectivity index (χ1n) is 8.25. The average Bonchev–Trinajstić information content (AvgIpc) is 2.67. The van der Waals surface area contributed by atoms with Crippen LogP contribution in [0.1, 0.15) is 15.9 Å². The Morgan fingerprint density at radius 1 is 1.04 bits per heavy atom. The molecular weight excluding hydrogens is 415 g/mol. The number of halogens is 3. The van der Waals surface area contributed by atoms with Gasteiger partial charge in [-0.05, 0) is 36.4 Å². The molecule has 1 saturated heterocycles. The van der Waals surface area contributed by atoms with E-state index in [9.17, 15) is 26.4 Å². The van der Waals surface area contributed by atoms with Crippen molar-refractivity contribution in [3.8, 4) is 0 Å². The van der Waals surface area contributed by atoms with Crippen molar-refractivity contribution in [1.29, 1.82) is 0 Å². The molecule has 3 rings (SSSR count).